The van der Waals surface area contributed by atoms with Gasteiger partial charge in [-0.1, -0.05) is 6.58 Å². The Hall–Kier alpha value is -0.500. The van der Waals surface area contributed by atoms with Crippen molar-refractivity contribution < 1.29 is 4.79 Å². The van der Waals surface area contributed by atoms with Crippen molar-refractivity contribution in [2.45, 2.75) is 12.8 Å². The van der Waals surface area contributed by atoms with E-state index in [1.807, 2.05) is 0 Å². The molecule has 0 radical (unpaired) electrons. The van der Waals surface area contributed by atoms with E-state index in [1.165, 1.54) is 6.08 Å². The molecule has 0 aliphatic heterocycles. The smallest absolute Gasteiger partial charge is 0.243 e. The van der Waals surface area contributed by atoms with Crippen molar-refractivity contribution in [3.63, 3.8) is 0 Å². The fourth-order valence-electron chi connectivity index (χ4n) is 0.503. The summed E-state index contributed by atoms with van der Waals surface area (Å²) in [6, 6.07) is 0. The van der Waals surface area contributed by atoms with E-state index < -0.39 is 0 Å². The molecule has 0 atom stereocenters. The van der Waals surface area contributed by atoms with Gasteiger partial charge in [-0.3, -0.25) is 4.79 Å². The average Bonchev–Trinajstić information content (AvgIpc) is 1.98. The van der Waals surface area contributed by atoms with Crippen molar-refractivity contribution in [1.82, 2.24) is 5.32 Å². The van der Waals surface area contributed by atoms with Crippen LogP contribution in [0.4, 0.5) is 0 Å². The molecule has 0 aromatic rings. The Labute approximate surface area is 66.3 Å². The molecular weight excluding hydrogens is 150 g/mol. The molecule has 2 nitrogen and oxygen atoms in total. The zero-order valence-electron chi connectivity index (χ0n) is 5.90. The third-order valence-electron chi connectivity index (χ3n) is 1.05. The Morgan fingerprint density at radius 2 is 2.30 bits per heavy atom. The Morgan fingerprint density at radius 3 is 2.80 bits per heavy atom. The number of alkyl halides is 1. The second-order valence-electron chi connectivity index (χ2n) is 1.89. The van der Waals surface area contributed by atoms with E-state index in [0.29, 0.717) is 12.4 Å². The van der Waals surface area contributed by atoms with E-state index in [9.17, 15) is 4.79 Å². The summed E-state index contributed by atoms with van der Waals surface area (Å²) in [7, 11) is 0. The molecule has 0 fully saturated rings. The van der Waals surface area contributed by atoms with Crippen LogP contribution in [0.3, 0.4) is 0 Å². The summed E-state index contributed by atoms with van der Waals surface area (Å²) in [5.74, 6) is 0.541. The van der Waals surface area contributed by atoms with Crippen LogP contribution in [0.5, 0.6) is 0 Å². The monoisotopic (exact) mass is 161 g/mol. The number of hydrogen-bond acceptors (Lipinski definition) is 1. The number of amides is 1. The minimum Gasteiger partial charge on any atom is -0.353 e. The van der Waals surface area contributed by atoms with Gasteiger partial charge in [0.15, 0.2) is 0 Å². The standard InChI is InChI=1S/C7H12ClNO/c1-2-7(10)9-6-4-3-5-8/h2H,1,3-6H2,(H,9,10). The highest BCUT2D eigenvalue weighted by atomic mass is 35.5. The van der Waals surface area contributed by atoms with Crippen LogP contribution in [0.25, 0.3) is 0 Å². The van der Waals surface area contributed by atoms with Crippen LogP contribution in [0.1, 0.15) is 12.8 Å². The molecule has 10 heavy (non-hydrogen) atoms. The largest absolute Gasteiger partial charge is 0.353 e. The third kappa shape index (κ3) is 5.63. The molecule has 0 aromatic heterocycles. The van der Waals surface area contributed by atoms with Gasteiger partial charge in [0.05, 0.1) is 0 Å². The maximum atomic E-state index is 10.5. The molecular formula is C7H12ClNO. The van der Waals surface area contributed by atoms with Crippen molar-refractivity contribution in [3.8, 4) is 0 Å². The number of unbranched alkanes of at least 4 members (excludes halogenated alkanes) is 1. The molecule has 1 N–H and O–H groups in total. The number of hydrogen-bond donors (Lipinski definition) is 1. The summed E-state index contributed by atoms with van der Waals surface area (Å²) in [6.45, 7) is 4.01. The van der Waals surface area contributed by atoms with Crippen molar-refractivity contribution in [2.24, 2.45) is 0 Å². The lowest BCUT2D eigenvalue weighted by atomic mass is 10.3. The number of carbonyl (C=O) groups is 1. The molecule has 0 bridgehead atoms. The van der Waals surface area contributed by atoms with Crippen molar-refractivity contribution in [1.29, 1.82) is 0 Å². The van der Waals surface area contributed by atoms with Crippen molar-refractivity contribution in [3.05, 3.63) is 12.7 Å². The lowest BCUT2D eigenvalue weighted by Gasteiger charge is -1.98. The molecule has 0 aromatic carbocycles. The Kier molecular flexibility index (Phi) is 6.29. The van der Waals surface area contributed by atoms with E-state index in [2.05, 4.69) is 11.9 Å². The van der Waals surface area contributed by atoms with Crippen LogP contribution < -0.4 is 5.32 Å². The quantitative estimate of drug-likeness (QED) is 0.368. The Morgan fingerprint density at radius 1 is 1.60 bits per heavy atom. The fourth-order valence-corrected chi connectivity index (χ4v) is 0.692. The molecule has 1 amide bonds. The van der Waals surface area contributed by atoms with Gasteiger partial charge in [-0.25, -0.2) is 0 Å². The summed E-state index contributed by atoms with van der Waals surface area (Å²) in [5.41, 5.74) is 0. The number of halogens is 1. The van der Waals surface area contributed by atoms with Gasteiger partial charge in [0.2, 0.25) is 5.91 Å². The first kappa shape index (κ1) is 9.50. The zero-order chi connectivity index (χ0) is 7.82. The molecule has 0 aliphatic rings. The van der Waals surface area contributed by atoms with Gasteiger partial charge >= 0.3 is 0 Å². The highest BCUT2D eigenvalue weighted by Gasteiger charge is 1.90. The van der Waals surface area contributed by atoms with Gasteiger partial charge < -0.3 is 5.32 Å². The van der Waals surface area contributed by atoms with E-state index in [1.54, 1.807) is 0 Å². The van der Waals surface area contributed by atoms with Gasteiger partial charge in [0, 0.05) is 12.4 Å². The summed E-state index contributed by atoms with van der Waals surface area (Å²) in [6.07, 6.45) is 3.14. The van der Waals surface area contributed by atoms with E-state index in [0.717, 1.165) is 12.8 Å². The van der Waals surface area contributed by atoms with Gasteiger partial charge in [-0.15, -0.1) is 11.6 Å². The maximum Gasteiger partial charge on any atom is 0.243 e. The van der Waals surface area contributed by atoms with Crippen LogP contribution in [-0.2, 0) is 4.79 Å². The first-order valence-corrected chi connectivity index (χ1v) is 3.81. The van der Waals surface area contributed by atoms with Crippen LogP contribution in [0.15, 0.2) is 12.7 Å². The number of nitrogens with one attached hydrogen (secondary N) is 1. The Bertz CT molecular complexity index is 114. The second kappa shape index (κ2) is 6.62. The summed E-state index contributed by atoms with van der Waals surface area (Å²) < 4.78 is 0. The lowest BCUT2D eigenvalue weighted by Crippen LogP contribution is -2.21. The molecule has 3 heteroatoms. The molecule has 0 heterocycles. The average molecular weight is 162 g/mol. The number of carbonyl (C=O) groups excluding carboxylic acids is 1. The van der Waals surface area contributed by atoms with Gasteiger partial charge in [-0.05, 0) is 18.9 Å². The first-order valence-electron chi connectivity index (χ1n) is 3.27. The third-order valence-corrected chi connectivity index (χ3v) is 1.31. The topological polar surface area (TPSA) is 29.1 Å². The Balaban J connectivity index is 3.03. The minimum absolute atomic E-state index is 0.116. The second-order valence-corrected chi connectivity index (χ2v) is 2.27. The fraction of sp³-hybridized carbons (Fsp3) is 0.571. The summed E-state index contributed by atoms with van der Waals surface area (Å²) >= 11 is 5.42. The first-order chi connectivity index (χ1) is 4.81. The summed E-state index contributed by atoms with van der Waals surface area (Å²) in [5, 5.41) is 2.65. The molecule has 0 saturated heterocycles. The summed E-state index contributed by atoms with van der Waals surface area (Å²) in [4.78, 5) is 10.5. The van der Waals surface area contributed by atoms with Crippen LogP contribution in [-0.4, -0.2) is 18.3 Å². The molecule has 0 rings (SSSR count). The van der Waals surface area contributed by atoms with E-state index >= 15 is 0 Å². The van der Waals surface area contributed by atoms with Crippen molar-refractivity contribution in [2.75, 3.05) is 12.4 Å². The predicted molar refractivity (Wildman–Crippen MR) is 43.2 cm³/mol. The molecule has 0 spiro atoms. The molecule has 0 saturated carbocycles. The lowest BCUT2D eigenvalue weighted by molar-refractivity contribution is -0.116. The maximum absolute atomic E-state index is 10.5. The molecule has 58 valence electrons. The van der Waals surface area contributed by atoms with E-state index in [-0.39, 0.29) is 5.91 Å². The SMILES string of the molecule is C=CC(=O)NCCCCCl. The van der Waals surface area contributed by atoms with Gasteiger partial charge in [-0.2, -0.15) is 0 Å². The van der Waals surface area contributed by atoms with E-state index in [4.69, 9.17) is 11.6 Å². The highest BCUT2D eigenvalue weighted by Crippen LogP contribution is 1.88. The van der Waals surface area contributed by atoms with Crippen molar-refractivity contribution >= 4 is 17.5 Å². The zero-order valence-corrected chi connectivity index (χ0v) is 6.66. The van der Waals surface area contributed by atoms with Crippen LogP contribution in [0, 0.1) is 0 Å². The molecule has 0 aliphatic carbocycles. The minimum atomic E-state index is -0.116. The predicted octanol–water partition coefficient (Wildman–Crippen LogP) is 1.31. The normalized spacial score (nSPS) is 8.90. The van der Waals surface area contributed by atoms with Gasteiger partial charge in [0.1, 0.15) is 0 Å². The van der Waals surface area contributed by atoms with Gasteiger partial charge in [0.25, 0.3) is 0 Å². The molecule has 0 unspecified atom stereocenters. The number of rotatable bonds is 5. The highest BCUT2D eigenvalue weighted by molar-refractivity contribution is 6.17. The van der Waals surface area contributed by atoms with Crippen LogP contribution in [0.2, 0.25) is 0 Å². The van der Waals surface area contributed by atoms with Crippen LogP contribution >= 0.6 is 11.6 Å².